The molecule has 0 aliphatic carbocycles. The number of ketones is 1. The van der Waals surface area contributed by atoms with Gasteiger partial charge < -0.3 is 4.90 Å². The lowest BCUT2D eigenvalue weighted by Crippen LogP contribution is -2.39. The van der Waals surface area contributed by atoms with Crippen LogP contribution in [0.2, 0.25) is 0 Å². The van der Waals surface area contributed by atoms with Crippen molar-refractivity contribution in [3.63, 3.8) is 0 Å². The van der Waals surface area contributed by atoms with E-state index in [4.69, 9.17) is 0 Å². The average Bonchev–Trinajstić information content (AvgIpc) is 2.56. The molecule has 1 heterocycles. The summed E-state index contributed by atoms with van der Waals surface area (Å²) in [5, 5.41) is 0. The fraction of sp³-hybridized carbons (Fsp3) is 0.250. The van der Waals surface area contributed by atoms with E-state index in [1.54, 1.807) is 32.3 Å². The summed E-state index contributed by atoms with van der Waals surface area (Å²) in [6, 6.07) is 5.00. The molecule has 0 radical (unpaired) electrons. The lowest BCUT2D eigenvalue weighted by Gasteiger charge is -2.19. The number of carbonyl (C=O) groups excluding carboxylic acids is 3. The standard InChI is InChI=1S/C12H11BrN2O3/c1-14(2)9(16)6-15-10-7(11(17)12(15)18)4-3-5-8(10)13/h3-5H,6H2,1-2H3. The van der Waals surface area contributed by atoms with E-state index >= 15 is 0 Å². The predicted octanol–water partition coefficient (Wildman–Crippen LogP) is 1.07. The lowest BCUT2D eigenvalue weighted by atomic mass is 10.1. The first-order valence-corrected chi connectivity index (χ1v) is 6.07. The quantitative estimate of drug-likeness (QED) is 0.768. The zero-order valence-corrected chi connectivity index (χ0v) is 11.5. The Bertz CT molecular complexity index is 554. The third-order valence-electron chi connectivity index (χ3n) is 2.73. The van der Waals surface area contributed by atoms with Crippen LogP contribution in [0.25, 0.3) is 0 Å². The first-order chi connectivity index (χ1) is 8.43. The number of hydrogen-bond donors (Lipinski definition) is 0. The molecule has 1 aliphatic rings. The van der Waals surface area contributed by atoms with Crippen molar-refractivity contribution < 1.29 is 14.4 Å². The molecule has 0 fully saturated rings. The average molecular weight is 311 g/mol. The Morgan fingerprint density at radius 2 is 2.00 bits per heavy atom. The Kier molecular flexibility index (Phi) is 3.21. The molecular formula is C12H11BrN2O3. The first kappa shape index (κ1) is 12.8. The van der Waals surface area contributed by atoms with Gasteiger partial charge in [0.25, 0.3) is 11.7 Å². The van der Waals surface area contributed by atoms with Crippen LogP contribution in [0.1, 0.15) is 10.4 Å². The number of anilines is 1. The summed E-state index contributed by atoms with van der Waals surface area (Å²) < 4.78 is 0.630. The number of halogens is 1. The second kappa shape index (κ2) is 4.53. The Balaban J connectivity index is 2.43. The Morgan fingerprint density at radius 1 is 1.33 bits per heavy atom. The number of rotatable bonds is 2. The summed E-state index contributed by atoms with van der Waals surface area (Å²) in [4.78, 5) is 37.9. The van der Waals surface area contributed by atoms with Gasteiger partial charge in [-0.3, -0.25) is 19.3 Å². The van der Waals surface area contributed by atoms with Gasteiger partial charge in [-0.05, 0) is 28.1 Å². The van der Waals surface area contributed by atoms with E-state index in [9.17, 15) is 14.4 Å². The number of Topliss-reactive ketones (excluding diaryl/α,β-unsaturated/α-hetero) is 1. The van der Waals surface area contributed by atoms with Crippen molar-refractivity contribution in [2.75, 3.05) is 25.5 Å². The number of carbonyl (C=O) groups is 3. The van der Waals surface area contributed by atoms with E-state index in [0.29, 0.717) is 15.7 Å². The van der Waals surface area contributed by atoms with Gasteiger partial charge in [-0.1, -0.05) is 6.07 Å². The summed E-state index contributed by atoms with van der Waals surface area (Å²) in [5.74, 6) is -1.47. The summed E-state index contributed by atoms with van der Waals surface area (Å²) in [7, 11) is 3.21. The zero-order valence-electron chi connectivity index (χ0n) is 9.94. The van der Waals surface area contributed by atoms with Crippen LogP contribution in [0, 0.1) is 0 Å². The molecule has 0 spiro atoms. The van der Waals surface area contributed by atoms with Crippen molar-refractivity contribution in [2.45, 2.75) is 0 Å². The molecule has 0 saturated carbocycles. The molecule has 0 aromatic heterocycles. The summed E-state index contributed by atoms with van der Waals surface area (Å²) in [5.41, 5.74) is 0.809. The fourth-order valence-corrected chi connectivity index (χ4v) is 2.32. The monoisotopic (exact) mass is 310 g/mol. The molecule has 0 unspecified atom stereocenters. The van der Waals surface area contributed by atoms with Gasteiger partial charge in [0.1, 0.15) is 6.54 Å². The SMILES string of the molecule is CN(C)C(=O)CN1C(=O)C(=O)c2cccc(Br)c21. The van der Waals surface area contributed by atoms with Crippen LogP contribution in [0.5, 0.6) is 0 Å². The van der Waals surface area contributed by atoms with Crippen LogP contribution in [-0.4, -0.2) is 43.1 Å². The molecule has 5 nitrogen and oxygen atoms in total. The molecule has 0 N–H and O–H groups in total. The highest BCUT2D eigenvalue weighted by Crippen LogP contribution is 2.35. The Hall–Kier alpha value is -1.69. The summed E-state index contributed by atoms with van der Waals surface area (Å²) in [6.07, 6.45) is 0. The number of benzene rings is 1. The van der Waals surface area contributed by atoms with Crippen LogP contribution in [0.15, 0.2) is 22.7 Å². The molecule has 0 atom stereocenters. The molecule has 0 bridgehead atoms. The number of likely N-dealkylation sites (N-methyl/N-ethyl adjacent to an activating group) is 1. The topological polar surface area (TPSA) is 57.7 Å². The van der Waals surface area contributed by atoms with Gasteiger partial charge >= 0.3 is 0 Å². The van der Waals surface area contributed by atoms with Crippen molar-refractivity contribution in [3.05, 3.63) is 28.2 Å². The molecule has 2 rings (SSSR count). The molecule has 94 valence electrons. The maximum atomic E-state index is 11.9. The van der Waals surface area contributed by atoms with Gasteiger partial charge in [0.05, 0.1) is 11.3 Å². The maximum Gasteiger partial charge on any atom is 0.299 e. The van der Waals surface area contributed by atoms with E-state index in [0.717, 1.165) is 0 Å². The van der Waals surface area contributed by atoms with Crippen molar-refractivity contribution in [3.8, 4) is 0 Å². The zero-order chi connectivity index (χ0) is 13.4. The highest BCUT2D eigenvalue weighted by molar-refractivity contribution is 9.10. The third kappa shape index (κ3) is 1.92. The number of para-hydroxylation sites is 1. The molecular weight excluding hydrogens is 300 g/mol. The first-order valence-electron chi connectivity index (χ1n) is 5.28. The molecule has 1 aromatic rings. The van der Waals surface area contributed by atoms with Crippen molar-refractivity contribution >= 4 is 39.2 Å². The van der Waals surface area contributed by atoms with Crippen LogP contribution in [-0.2, 0) is 9.59 Å². The van der Waals surface area contributed by atoms with Crippen LogP contribution >= 0.6 is 15.9 Å². The minimum absolute atomic E-state index is 0.132. The van der Waals surface area contributed by atoms with E-state index in [1.165, 1.54) is 9.80 Å². The van der Waals surface area contributed by atoms with Crippen LogP contribution in [0.4, 0.5) is 5.69 Å². The van der Waals surface area contributed by atoms with E-state index in [2.05, 4.69) is 15.9 Å². The fourth-order valence-electron chi connectivity index (χ4n) is 1.74. The van der Waals surface area contributed by atoms with Gasteiger partial charge in [0.2, 0.25) is 5.91 Å². The normalized spacial score (nSPS) is 13.8. The number of hydrogen-bond acceptors (Lipinski definition) is 3. The van der Waals surface area contributed by atoms with Crippen molar-refractivity contribution in [1.82, 2.24) is 4.90 Å². The second-order valence-electron chi connectivity index (χ2n) is 4.14. The van der Waals surface area contributed by atoms with Gasteiger partial charge in [-0.2, -0.15) is 0 Å². The summed E-state index contributed by atoms with van der Waals surface area (Å²) >= 11 is 3.30. The number of amides is 2. The maximum absolute atomic E-state index is 11.9. The highest BCUT2D eigenvalue weighted by Gasteiger charge is 2.38. The van der Waals surface area contributed by atoms with Gasteiger partial charge in [0, 0.05) is 18.6 Å². The van der Waals surface area contributed by atoms with Crippen LogP contribution < -0.4 is 4.90 Å². The van der Waals surface area contributed by atoms with Crippen LogP contribution in [0.3, 0.4) is 0 Å². The van der Waals surface area contributed by atoms with Gasteiger partial charge in [-0.15, -0.1) is 0 Å². The molecule has 18 heavy (non-hydrogen) atoms. The molecule has 6 heteroatoms. The van der Waals surface area contributed by atoms with E-state index < -0.39 is 11.7 Å². The van der Waals surface area contributed by atoms with Crippen molar-refractivity contribution in [2.24, 2.45) is 0 Å². The Morgan fingerprint density at radius 3 is 2.61 bits per heavy atom. The minimum atomic E-state index is -0.660. The molecule has 0 saturated heterocycles. The smallest absolute Gasteiger partial charge is 0.299 e. The lowest BCUT2D eigenvalue weighted by molar-refractivity contribution is -0.128. The highest BCUT2D eigenvalue weighted by atomic mass is 79.9. The minimum Gasteiger partial charge on any atom is -0.347 e. The molecule has 2 amide bonds. The van der Waals surface area contributed by atoms with E-state index in [1.807, 2.05) is 0 Å². The second-order valence-corrected chi connectivity index (χ2v) is 5.00. The summed E-state index contributed by atoms with van der Waals surface area (Å²) in [6.45, 7) is -0.132. The Labute approximate surface area is 112 Å². The van der Waals surface area contributed by atoms with Gasteiger partial charge in [0.15, 0.2) is 0 Å². The molecule has 1 aromatic carbocycles. The van der Waals surface area contributed by atoms with E-state index in [-0.39, 0.29) is 12.5 Å². The largest absolute Gasteiger partial charge is 0.347 e. The third-order valence-corrected chi connectivity index (χ3v) is 3.37. The van der Waals surface area contributed by atoms with Gasteiger partial charge in [-0.25, -0.2) is 0 Å². The van der Waals surface area contributed by atoms with Crippen molar-refractivity contribution in [1.29, 1.82) is 0 Å². The number of nitrogens with zero attached hydrogens (tertiary/aromatic N) is 2. The molecule has 1 aliphatic heterocycles. The predicted molar refractivity (Wildman–Crippen MR) is 69.5 cm³/mol. The number of fused-ring (bicyclic) bond motifs is 1.